The number of pyridine rings is 2. The van der Waals surface area contributed by atoms with Crippen LogP contribution in [0.5, 0.6) is 0 Å². The van der Waals surface area contributed by atoms with Crippen LogP contribution >= 0.6 is 23.5 Å². The van der Waals surface area contributed by atoms with E-state index in [1.54, 1.807) is 0 Å². The molecule has 28 heavy (non-hydrogen) atoms. The van der Waals surface area contributed by atoms with Gasteiger partial charge in [-0.15, -0.1) is 0 Å². The smallest absolute Gasteiger partial charge is 0.137 e. The van der Waals surface area contributed by atoms with Gasteiger partial charge in [0.1, 0.15) is 21.7 Å². The van der Waals surface area contributed by atoms with E-state index in [0.717, 1.165) is 42.3 Å². The first-order chi connectivity index (χ1) is 13.5. The minimum absolute atomic E-state index is 0.479. The number of para-hydroxylation sites is 2. The maximum Gasteiger partial charge on any atom is 0.137 e. The fourth-order valence-electron chi connectivity index (χ4n) is 2.61. The molecule has 0 aliphatic carbocycles. The number of hydrogen-bond donors (Lipinski definition) is 2. The Morgan fingerprint density at radius 2 is 1.04 bits per heavy atom. The highest BCUT2D eigenvalue weighted by molar-refractivity contribution is 8.02. The van der Waals surface area contributed by atoms with Crippen molar-refractivity contribution >= 4 is 46.2 Å². The molecule has 0 spiro atoms. The number of benzene rings is 1. The Balaban J connectivity index is 1.80. The van der Waals surface area contributed by atoms with Crippen LogP contribution in [0, 0.1) is 13.8 Å². The summed E-state index contributed by atoms with van der Waals surface area (Å²) in [6, 6.07) is 15.6. The van der Waals surface area contributed by atoms with Crippen molar-refractivity contribution in [1.82, 2.24) is 19.9 Å². The molecule has 0 fully saturated rings. The first-order valence-electron chi connectivity index (χ1n) is 8.58. The third kappa shape index (κ3) is 3.88. The van der Waals surface area contributed by atoms with Crippen LogP contribution in [0.2, 0.25) is 0 Å². The summed E-state index contributed by atoms with van der Waals surface area (Å²) in [7, 11) is 0. The molecule has 0 bridgehead atoms. The standard InChI is InChI=1S/C20H18N6S2/c1-11-7-9-15(17(21)23-11)27-19-20(26-14-6-4-3-5-13(14)25-19)28-16-10-8-12(2)24-18(16)22/h3-10H,1-2H3,(H2,21,23)(H2,22,24). The number of aromatic nitrogens is 4. The van der Waals surface area contributed by atoms with Crippen molar-refractivity contribution < 1.29 is 0 Å². The van der Waals surface area contributed by atoms with Gasteiger partial charge in [-0.05, 0) is 50.2 Å². The van der Waals surface area contributed by atoms with Crippen LogP contribution in [-0.2, 0) is 0 Å². The highest BCUT2D eigenvalue weighted by Crippen LogP contribution is 2.40. The Morgan fingerprint density at radius 3 is 1.43 bits per heavy atom. The number of anilines is 2. The van der Waals surface area contributed by atoms with Crippen LogP contribution in [0.25, 0.3) is 11.0 Å². The molecular weight excluding hydrogens is 388 g/mol. The van der Waals surface area contributed by atoms with Gasteiger partial charge >= 0.3 is 0 Å². The Bertz CT molecular complexity index is 1090. The summed E-state index contributed by atoms with van der Waals surface area (Å²) in [5.74, 6) is 0.958. The first-order valence-corrected chi connectivity index (χ1v) is 10.2. The van der Waals surface area contributed by atoms with Crippen molar-refractivity contribution in [2.24, 2.45) is 0 Å². The van der Waals surface area contributed by atoms with Crippen LogP contribution < -0.4 is 11.5 Å². The molecule has 0 unspecified atom stereocenters. The molecule has 0 saturated carbocycles. The molecule has 4 aromatic rings. The third-order valence-electron chi connectivity index (χ3n) is 3.97. The molecule has 0 radical (unpaired) electrons. The molecule has 4 rings (SSSR count). The molecule has 1 aromatic carbocycles. The van der Waals surface area contributed by atoms with Crippen LogP contribution in [0.4, 0.5) is 11.6 Å². The molecule has 3 heterocycles. The summed E-state index contributed by atoms with van der Waals surface area (Å²) in [6.45, 7) is 3.82. The zero-order valence-corrected chi connectivity index (χ0v) is 17.0. The maximum atomic E-state index is 6.11. The summed E-state index contributed by atoms with van der Waals surface area (Å²) < 4.78 is 0. The fourth-order valence-corrected chi connectivity index (χ4v) is 4.40. The Hall–Kier alpha value is -2.84. The van der Waals surface area contributed by atoms with Gasteiger partial charge in [0.15, 0.2) is 0 Å². The molecule has 140 valence electrons. The summed E-state index contributed by atoms with van der Waals surface area (Å²) >= 11 is 2.90. The quantitative estimate of drug-likeness (QED) is 0.510. The molecule has 8 heteroatoms. The number of rotatable bonds is 4. The fraction of sp³-hybridized carbons (Fsp3) is 0.100. The summed E-state index contributed by atoms with van der Waals surface area (Å²) in [5, 5.41) is 1.50. The highest BCUT2D eigenvalue weighted by atomic mass is 32.2. The minimum atomic E-state index is 0.479. The topological polar surface area (TPSA) is 104 Å². The van der Waals surface area contributed by atoms with Crippen molar-refractivity contribution in [3.05, 3.63) is 59.9 Å². The molecule has 6 nitrogen and oxygen atoms in total. The average Bonchev–Trinajstić information content (AvgIpc) is 2.66. The maximum absolute atomic E-state index is 6.11. The van der Waals surface area contributed by atoms with Gasteiger partial charge in [-0.25, -0.2) is 19.9 Å². The summed E-state index contributed by atoms with van der Waals surface area (Å²) in [6.07, 6.45) is 0. The Morgan fingerprint density at radius 1 is 0.607 bits per heavy atom. The molecule has 0 amide bonds. The molecule has 0 atom stereocenters. The van der Waals surface area contributed by atoms with Crippen molar-refractivity contribution in [2.75, 3.05) is 11.5 Å². The lowest BCUT2D eigenvalue weighted by Gasteiger charge is -2.11. The lowest BCUT2D eigenvalue weighted by molar-refractivity contribution is 0.966. The van der Waals surface area contributed by atoms with Crippen molar-refractivity contribution in [3.63, 3.8) is 0 Å². The van der Waals surface area contributed by atoms with Gasteiger partial charge in [-0.3, -0.25) is 0 Å². The molecule has 0 saturated heterocycles. The van der Waals surface area contributed by atoms with Crippen molar-refractivity contribution in [3.8, 4) is 0 Å². The lowest BCUT2D eigenvalue weighted by atomic mass is 10.3. The molecule has 0 aliphatic rings. The van der Waals surface area contributed by atoms with Crippen LogP contribution in [0.1, 0.15) is 11.4 Å². The van der Waals surface area contributed by atoms with Crippen LogP contribution in [0.3, 0.4) is 0 Å². The van der Waals surface area contributed by atoms with E-state index in [9.17, 15) is 0 Å². The molecule has 3 aromatic heterocycles. The summed E-state index contributed by atoms with van der Waals surface area (Å²) in [4.78, 5) is 20.0. The van der Waals surface area contributed by atoms with E-state index < -0.39 is 0 Å². The van der Waals surface area contributed by atoms with Gasteiger partial charge in [0.05, 0.1) is 20.8 Å². The van der Waals surface area contributed by atoms with Crippen molar-refractivity contribution in [2.45, 2.75) is 33.7 Å². The van der Waals surface area contributed by atoms with Gasteiger partial charge in [0.2, 0.25) is 0 Å². The van der Waals surface area contributed by atoms with Gasteiger partial charge < -0.3 is 11.5 Å². The monoisotopic (exact) mass is 406 g/mol. The van der Waals surface area contributed by atoms with E-state index >= 15 is 0 Å². The predicted octanol–water partition coefficient (Wildman–Crippen LogP) is 4.50. The normalized spacial score (nSPS) is 11.1. The Labute approximate surface area is 171 Å². The number of hydrogen-bond acceptors (Lipinski definition) is 8. The number of fused-ring (bicyclic) bond motifs is 1. The van der Waals surface area contributed by atoms with E-state index in [2.05, 4.69) is 9.97 Å². The first kappa shape index (κ1) is 18.5. The van der Waals surface area contributed by atoms with Crippen molar-refractivity contribution in [1.29, 1.82) is 0 Å². The van der Waals surface area contributed by atoms with E-state index in [1.165, 1.54) is 23.5 Å². The predicted molar refractivity (Wildman–Crippen MR) is 115 cm³/mol. The second-order valence-electron chi connectivity index (χ2n) is 6.20. The number of aryl methyl sites for hydroxylation is 2. The van der Waals surface area contributed by atoms with Gasteiger partial charge in [0.25, 0.3) is 0 Å². The number of nitrogens with zero attached hydrogens (tertiary/aromatic N) is 4. The second-order valence-corrected chi connectivity index (χ2v) is 8.26. The average molecular weight is 407 g/mol. The van der Waals surface area contributed by atoms with Gasteiger partial charge in [-0.2, -0.15) is 0 Å². The van der Waals surface area contributed by atoms with E-state index in [0.29, 0.717) is 11.6 Å². The van der Waals surface area contributed by atoms with Crippen LogP contribution in [-0.4, -0.2) is 19.9 Å². The largest absolute Gasteiger partial charge is 0.383 e. The third-order valence-corrected chi connectivity index (χ3v) is 6.19. The zero-order valence-electron chi connectivity index (χ0n) is 15.4. The molecule has 4 N–H and O–H groups in total. The second kappa shape index (κ2) is 7.65. The molecule has 0 aliphatic heterocycles. The van der Waals surface area contributed by atoms with Crippen LogP contribution in [0.15, 0.2) is 68.4 Å². The zero-order chi connectivity index (χ0) is 19.7. The van der Waals surface area contributed by atoms with Gasteiger partial charge in [-0.1, -0.05) is 35.7 Å². The highest BCUT2D eigenvalue weighted by Gasteiger charge is 2.15. The number of nitrogens with two attached hydrogens (primary N) is 2. The number of nitrogen functional groups attached to an aromatic ring is 2. The SMILES string of the molecule is Cc1ccc(Sc2nc3ccccc3nc2Sc2ccc(C)nc2N)c(N)n1. The molecular formula is C20H18N6S2. The Kier molecular flexibility index (Phi) is 5.06. The summed E-state index contributed by atoms with van der Waals surface area (Å²) in [5.41, 5.74) is 15.6. The minimum Gasteiger partial charge on any atom is -0.383 e. The van der Waals surface area contributed by atoms with E-state index in [1.807, 2.05) is 62.4 Å². The van der Waals surface area contributed by atoms with Gasteiger partial charge in [0, 0.05) is 11.4 Å². The van der Waals surface area contributed by atoms with E-state index in [-0.39, 0.29) is 0 Å². The lowest BCUT2D eigenvalue weighted by Crippen LogP contribution is -1.98. The van der Waals surface area contributed by atoms with E-state index in [4.69, 9.17) is 21.4 Å².